The molecule has 0 fully saturated rings. The van der Waals surface area contributed by atoms with Crippen LogP contribution in [0.1, 0.15) is 12.0 Å². The molecule has 0 saturated heterocycles. The number of rotatable bonds is 6. The zero-order valence-electron chi connectivity index (χ0n) is 11.5. The van der Waals surface area contributed by atoms with Gasteiger partial charge in [0.05, 0.1) is 5.84 Å². The lowest BCUT2D eigenvalue weighted by Gasteiger charge is -2.25. The van der Waals surface area contributed by atoms with Crippen LogP contribution in [0, 0.1) is 17.0 Å². The first-order valence-electron chi connectivity index (χ1n) is 6.62. The quantitative estimate of drug-likeness (QED) is 0.633. The molecule has 0 aliphatic rings. The van der Waals surface area contributed by atoms with Gasteiger partial charge in [0.25, 0.3) is 0 Å². The van der Waals surface area contributed by atoms with Gasteiger partial charge in [-0.2, -0.15) is 0 Å². The number of anilines is 1. The molecule has 0 radical (unpaired) electrons. The maximum Gasteiger partial charge on any atom is 0.126 e. The standard InChI is InChI=1S/C16H17F2N3/c17-13-8-12(9-14(18)10-13)11-21(7-6-16(19)20)15-4-2-1-3-5-15/h1-5,8-10H,6-7,11H2,(H3,19,20). The highest BCUT2D eigenvalue weighted by Gasteiger charge is 2.09. The molecule has 0 bridgehead atoms. The second kappa shape index (κ2) is 6.83. The van der Waals surface area contributed by atoms with Gasteiger partial charge in [-0.05, 0) is 29.8 Å². The van der Waals surface area contributed by atoms with E-state index in [9.17, 15) is 8.78 Å². The van der Waals surface area contributed by atoms with Gasteiger partial charge in [-0.1, -0.05) is 18.2 Å². The molecular formula is C16H17F2N3. The summed E-state index contributed by atoms with van der Waals surface area (Å²) in [6.07, 6.45) is 0.396. The molecule has 2 aromatic rings. The molecule has 0 heterocycles. The van der Waals surface area contributed by atoms with Gasteiger partial charge in [-0.3, -0.25) is 5.41 Å². The minimum Gasteiger partial charge on any atom is -0.388 e. The lowest BCUT2D eigenvalue weighted by molar-refractivity contribution is 0.578. The summed E-state index contributed by atoms with van der Waals surface area (Å²) in [5.41, 5.74) is 6.86. The summed E-state index contributed by atoms with van der Waals surface area (Å²) in [5.74, 6) is -1.10. The topological polar surface area (TPSA) is 53.1 Å². The highest BCUT2D eigenvalue weighted by Crippen LogP contribution is 2.18. The van der Waals surface area contributed by atoms with E-state index in [0.717, 1.165) is 11.8 Å². The van der Waals surface area contributed by atoms with Gasteiger partial charge in [-0.15, -0.1) is 0 Å². The van der Waals surface area contributed by atoms with Crippen LogP contribution in [0.2, 0.25) is 0 Å². The molecule has 0 aliphatic carbocycles. The van der Waals surface area contributed by atoms with E-state index >= 15 is 0 Å². The van der Waals surface area contributed by atoms with E-state index in [1.807, 2.05) is 35.2 Å². The zero-order chi connectivity index (χ0) is 15.2. The van der Waals surface area contributed by atoms with Gasteiger partial charge in [0.2, 0.25) is 0 Å². The molecular weight excluding hydrogens is 272 g/mol. The number of para-hydroxylation sites is 1. The van der Waals surface area contributed by atoms with Crippen LogP contribution in [-0.2, 0) is 6.54 Å². The Kier molecular flexibility index (Phi) is 4.87. The van der Waals surface area contributed by atoms with Gasteiger partial charge in [0.15, 0.2) is 0 Å². The Balaban J connectivity index is 2.20. The van der Waals surface area contributed by atoms with Gasteiger partial charge in [-0.25, -0.2) is 8.78 Å². The van der Waals surface area contributed by atoms with Crippen LogP contribution >= 0.6 is 0 Å². The van der Waals surface area contributed by atoms with Crippen molar-refractivity contribution in [3.63, 3.8) is 0 Å². The second-order valence-corrected chi connectivity index (χ2v) is 4.81. The molecule has 3 nitrogen and oxygen atoms in total. The molecule has 2 rings (SSSR count). The summed E-state index contributed by atoms with van der Waals surface area (Å²) in [4.78, 5) is 1.94. The second-order valence-electron chi connectivity index (χ2n) is 4.81. The van der Waals surface area contributed by atoms with Crippen LogP contribution in [0.15, 0.2) is 48.5 Å². The van der Waals surface area contributed by atoms with E-state index in [2.05, 4.69) is 0 Å². The minimum absolute atomic E-state index is 0.0846. The van der Waals surface area contributed by atoms with E-state index in [-0.39, 0.29) is 5.84 Å². The number of nitrogens with two attached hydrogens (primary N) is 1. The van der Waals surface area contributed by atoms with Crippen molar-refractivity contribution < 1.29 is 8.78 Å². The van der Waals surface area contributed by atoms with Crippen molar-refractivity contribution in [2.75, 3.05) is 11.4 Å². The van der Waals surface area contributed by atoms with Gasteiger partial charge >= 0.3 is 0 Å². The predicted octanol–water partition coefficient (Wildman–Crippen LogP) is 3.30. The molecule has 2 aromatic carbocycles. The van der Waals surface area contributed by atoms with Crippen LogP contribution in [-0.4, -0.2) is 12.4 Å². The zero-order valence-corrected chi connectivity index (χ0v) is 11.5. The Morgan fingerprint density at radius 2 is 1.67 bits per heavy atom. The largest absolute Gasteiger partial charge is 0.388 e. The Labute approximate surface area is 122 Å². The molecule has 3 N–H and O–H groups in total. The lowest BCUT2D eigenvalue weighted by atomic mass is 10.1. The average molecular weight is 289 g/mol. The van der Waals surface area contributed by atoms with Crippen LogP contribution in [0.3, 0.4) is 0 Å². The maximum atomic E-state index is 13.3. The number of hydrogen-bond donors (Lipinski definition) is 2. The minimum atomic E-state index is -0.593. The molecule has 0 amide bonds. The number of nitrogens with one attached hydrogen (secondary N) is 1. The molecule has 0 spiro atoms. The molecule has 5 heteroatoms. The van der Waals surface area contributed by atoms with Crippen LogP contribution in [0.5, 0.6) is 0 Å². The number of nitrogens with zero attached hydrogens (tertiary/aromatic N) is 1. The molecule has 0 aromatic heterocycles. The van der Waals surface area contributed by atoms with Gasteiger partial charge < -0.3 is 10.6 Å². The first kappa shape index (κ1) is 15.0. The predicted molar refractivity (Wildman–Crippen MR) is 80.4 cm³/mol. The smallest absolute Gasteiger partial charge is 0.126 e. The van der Waals surface area contributed by atoms with Gasteiger partial charge in [0, 0.05) is 31.3 Å². The Morgan fingerprint density at radius 1 is 1.05 bits per heavy atom. The number of hydrogen-bond acceptors (Lipinski definition) is 2. The Hall–Kier alpha value is -2.43. The fraction of sp³-hybridized carbons (Fsp3) is 0.188. The Bertz CT molecular complexity index is 594. The third-order valence-corrected chi connectivity index (χ3v) is 3.07. The van der Waals surface area contributed by atoms with Crippen molar-refractivity contribution in [2.24, 2.45) is 5.73 Å². The van der Waals surface area contributed by atoms with Gasteiger partial charge in [0.1, 0.15) is 11.6 Å². The van der Waals surface area contributed by atoms with Crippen LogP contribution in [0.4, 0.5) is 14.5 Å². The summed E-state index contributed by atoms with van der Waals surface area (Å²) in [5, 5.41) is 7.33. The maximum absolute atomic E-state index is 13.3. The molecule has 0 atom stereocenters. The molecule has 0 aliphatic heterocycles. The first-order chi connectivity index (χ1) is 10.0. The third-order valence-electron chi connectivity index (χ3n) is 3.07. The first-order valence-corrected chi connectivity index (χ1v) is 6.62. The number of halogens is 2. The monoisotopic (exact) mass is 289 g/mol. The molecule has 110 valence electrons. The highest BCUT2D eigenvalue weighted by atomic mass is 19.1. The molecule has 21 heavy (non-hydrogen) atoms. The van der Waals surface area contributed by atoms with E-state index < -0.39 is 11.6 Å². The van der Waals surface area contributed by atoms with E-state index in [1.165, 1.54) is 12.1 Å². The van der Waals surface area contributed by atoms with E-state index in [1.54, 1.807) is 0 Å². The Morgan fingerprint density at radius 3 is 2.24 bits per heavy atom. The summed E-state index contributed by atoms with van der Waals surface area (Å²) >= 11 is 0. The SMILES string of the molecule is N=C(N)CCN(Cc1cc(F)cc(F)c1)c1ccccc1. The normalized spacial score (nSPS) is 10.4. The third kappa shape index (κ3) is 4.56. The average Bonchev–Trinajstić information content (AvgIpc) is 2.43. The molecule has 0 saturated carbocycles. The van der Waals surface area contributed by atoms with Crippen molar-refractivity contribution in [3.05, 3.63) is 65.7 Å². The van der Waals surface area contributed by atoms with Crippen molar-refractivity contribution >= 4 is 11.5 Å². The van der Waals surface area contributed by atoms with Crippen LogP contribution < -0.4 is 10.6 Å². The van der Waals surface area contributed by atoms with E-state index in [0.29, 0.717) is 25.1 Å². The summed E-state index contributed by atoms with van der Waals surface area (Å²) in [6.45, 7) is 0.865. The van der Waals surface area contributed by atoms with Crippen molar-refractivity contribution in [3.8, 4) is 0 Å². The van der Waals surface area contributed by atoms with Crippen molar-refractivity contribution in [2.45, 2.75) is 13.0 Å². The summed E-state index contributed by atoms with van der Waals surface area (Å²) in [6, 6.07) is 13.0. The highest BCUT2D eigenvalue weighted by molar-refractivity contribution is 5.77. The lowest BCUT2D eigenvalue weighted by Crippen LogP contribution is -2.27. The summed E-state index contributed by atoms with van der Waals surface area (Å²) in [7, 11) is 0. The number of amidine groups is 1. The number of benzene rings is 2. The fourth-order valence-electron chi connectivity index (χ4n) is 2.12. The fourth-order valence-corrected chi connectivity index (χ4v) is 2.12. The van der Waals surface area contributed by atoms with E-state index in [4.69, 9.17) is 11.1 Å². The summed E-state index contributed by atoms with van der Waals surface area (Å²) < 4.78 is 26.6. The van der Waals surface area contributed by atoms with Crippen molar-refractivity contribution in [1.29, 1.82) is 5.41 Å². The van der Waals surface area contributed by atoms with Crippen molar-refractivity contribution in [1.82, 2.24) is 0 Å². The van der Waals surface area contributed by atoms with Crippen LogP contribution in [0.25, 0.3) is 0 Å². The molecule has 0 unspecified atom stereocenters.